The molecule has 0 aliphatic carbocycles. The predicted octanol–water partition coefficient (Wildman–Crippen LogP) is 2.87. The molecule has 1 saturated heterocycles. The molecule has 1 N–H and O–H groups in total. The normalized spacial score (nSPS) is 16.4. The molecule has 0 aromatic heterocycles. The molecule has 1 aliphatic heterocycles. The lowest BCUT2D eigenvalue weighted by Crippen LogP contribution is -2.43. The van der Waals surface area contributed by atoms with E-state index in [1.54, 1.807) is 13.8 Å². The monoisotopic (exact) mass is 433 g/mol. The summed E-state index contributed by atoms with van der Waals surface area (Å²) in [5.41, 5.74) is 2.97. The molecule has 8 nitrogen and oxygen atoms in total. The molecule has 0 spiro atoms. The van der Waals surface area contributed by atoms with Crippen LogP contribution in [0.15, 0.2) is 41.3 Å². The third kappa shape index (κ3) is 5.04. The topological polar surface area (TPSA) is 102 Å². The maximum absolute atomic E-state index is 13.1. The first kappa shape index (κ1) is 22.4. The van der Waals surface area contributed by atoms with Crippen LogP contribution in [0.1, 0.15) is 28.3 Å². The molecule has 3 rings (SSSR count). The number of hydrogen-bond acceptors (Lipinski definition) is 6. The summed E-state index contributed by atoms with van der Waals surface area (Å²) in [4.78, 5) is 12.8. The Balaban J connectivity index is 1.89. The van der Waals surface area contributed by atoms with Crippen LogP contribution in [-0.4, -0.2) is 51.1 Å². The molecular weight excluding hydrogens is 406 g/mol. The second kappa shape index (κ2) is 9.22. The highest BCUT2D eigenvalue weighted by Gasteiger charge is 2.27. The summed E-state index contributed by atoms with van der Waals surface area (Å²) in [6, 6.07) is 10.4. The number of morpholine rings is 1. The summed E-state index contributed by atoms with van der Waals surface area (Å²) >= 11 is 0. The fourth-order valence-electron chi connectivity index (χ4n) is 3.60. The van der Waals surface area contributed by atoms with E-state index in [0.29, 0.717) is 37.4 Å². The van der Waals surface area contributed by atoms with Gasteiger partial charge in [-0.3, -0.25) is 15.0 Å². The molecule has 2 aromatic carbocycles. The van der Waals surface area contributed by atoms with Crippen LogP contribution in [-0.2, 0) is 14.8 Å². The van der Waals surface area contributed by atoms with Gasteiger partial charge in [-0.25, -0.2) is 13.1 Å². The SMILES string of the molecule is Cc1ccc(C(CNS(=O)(=O)c2cc([N+](=O)[O-])cc(C)c2C)N2CCOCC2)cc1. The van der Waals surface area contributed by atoms with Crippen LogP contribution < -0.4 is 4.72 Å². The first-order chi connectivity index (χ1) is 14.2. The van der Waals surface area contributed by atoms with Gasteiger partial charge in [-0.05, 0) is 37.5 Å². The van der Waals surface area contributed by atoms with E-state index in [1.807, 2.05) is 31.2 Å². The number of sulfonamides is 1. The van der Waals surface area contributed by atoms with Gasteiger partial charge in [0.2, 0.25) is 10.0 Å². The second-order valence-electron chi connectivity index (χ2n) is 7.57. The fourth-order valence-corrected chi connectivity index (χ4v) is 4.97. The van der Waals surface area contributed by atoms with E-state index in [-0.39, 0.29) is 23.2 Å². The minimum absolute atomic E-state index is 0.0566. The molecule has 0 radical (unpaired) electrons. The molecular formula is C21H27N3O5S. The van der Waals surface area contributed by atoms with Gasteiger partial charge in [0.1, 0.15) is 0 Å². The first-order valence-electron chi connectivity index (χ1n) is 9.82. The maximum atomic E-state index is 13.1. The van der Waals surface area contributed by atoms with E-state index < -0.39 is 14.9 Å². The van der Waals surface area contributed by atoms with Crippen molar-refractivity contribution >= 4 is 15.7 Å². The molecule has 30 heavy (non-hydrogen) atoms. The van der Waals surface area contributed by atoms with Gasteiger partial charge in [0.15, 0.2) is 0 Å². The van der Waals surface area contributed by atoms with Crippen molar-refractivity contribution in [2.24, 2.45) is 0 Å². The van der Waals surface area contributed by atoms with Crippen molar-refractivity contribution in [2.75, 3.05) is 32.8 Å². The number of ether oxygens (including phenoxy) is 1. The lowest BCUT2D eigenvalue weighted by Gasteiger charge is -2.35. The Morgan fingerprint density at radius 3 is 2.37 bits per heavy atom. The molecule has 1 fully saturated rings. The van der Waals surface area contributed by atoms with Crippen molar-refractivity contribution in [2.45, 2.75) is 31.7 Å². The number of aryl methyl sites for hydroxylation is 2. The summed E-state index contributed by atoms with van der Waals surface area (Å²) in [7, 11) is -3.93. The molecule has 1 unspecified atom stereocenters. The molecule has 9 heteroatoms. The fraction of sp³-hybridized carbons (Fsp3) is 0.429. The third-order valence-electron chi connectivity index (χ3n) is 5.52. The van der Waals surface area contributed by atoms with Crippen molar-refractivity contribution in [3.05, 3.63) is 68.8 Å². The molecule has 0 amide bonds. The maximum Gasteiger partial charge on any atom is 0.271 e. The predicted molar refractivity (Wildman–Crippen MR) is 114 cm³/mol. The van der Waals surface area contributed by atoms with Crippen LogP contribution in [0.5, 0.6) is 0 Å². The number of nitro groups is 1. The van der Waals surface area contributed by atoms with Crippen LogP contribution in [0.2, 0.25) is 0 Å². The number of hydrogen-bond donors (Lipinski definition) is 1. The molecule has 1 heterocycles. The van der Waals surface area contributed by atoms with Gasteiger partial charge in [-0.2, -0.15) is 0 Å². The van der Waals surface area contributed by atoms with E-state index >= 15 is 0 Å². The largest absolute Gasteiger partial charge is 0.379 e. The van der Waals surface area contributed by atoms with Crippen molar-refractivity contribution in [1.82, 2.24) is 9.62 Å². The van der Waals surface area contributed by atoms with Gasteiger partial charge in [-0.15, -0.1) is 0 Å². The van der Waals surface area contributed by atoms with E-state index in [1.165, 1.54) is 6.07 Å². The van der Waals surface area contributed by atoms with Gasteiger partial charge in [0.25, 0.3) is 5.69 Å². The van der Waals surface area contributed by atoms with Gasteiger partial charge in [0.05, 0.1) is 23.0 Å². The average Bonchev–Trinajstić information content (AvgIpc) is 2.71. The highest BCUT2D eigenvalue weighted by molar-refractivity contribution is 7.89. The van der Waals surface area contributed by atoms with Gasteiger partial charge < -0.3 is 4.74 Å². The minimum Gasteiger partial charge on any atom is -0.379 e. The first-order valence-corrected chi connectivity index (χ1v) is 11.3. The number of rotatable bonds is 7. The number of nitro benzene ring substituents is 1. The van der Waals surface area contributed by atoms with Crippen LogP contribution in [0.3, 0.4) is 0 Å². The Hall–Kier alpha value is -2.33. The highest BCUT2D eigenvalue weighted by Crippen LogP contribution is 2.27. The number of benzene rings is 2. The molecule has 2 aromatic rings. The minimum atomic E-state index is -3.93. The summed E-state index contributed by atoms with van der Waals surface area (Å²) in [5.74, 6) is 0. The Morgan fingerprint density at radius 1 is 1.13 bits per heavy atom. The van der Waals surface area contributed by atoms with Crippen LogP contribution in [0.4, 0.5) is 5.69 Å². The van der Waals surface area contributed by atoms with Gasteiger partial charge >= 0.3 is 0 Å². The number of nitrogens with one attached hydrogen (secondary N) is 1. The van der Waals surface area contributed by atoms with E-state index in [2.05, 4.69) is 9.62 Å². The third-order valence-corrected chi connectivity index (χ3v) is 7.07. The Labute approximate surface area is 177 Å². The zero-order chi connectivity index (χ0) is 21.9. The Bertz CT molecular complexity index is 1020. The van der Waals surface area contributed by atoms with E-state index in [4.69, 9.17) is 4.74 Å². The van der Waals surface area contributed by atoms with Gasteiger partial charge in [-0.1, -0.05) is 29.8 Å². The summed E-state index contributed by atoms with van der Waals surface area (Å²) in [6.45, 7) is 8.09. The second-order valence-corrected chi connectivity index (χ2v) is 9.31. The van der Waals surface area contributed by atoms with E-state index in [9.17, 15) is 18.5 Å². The number of nitrogens with zero attached hydrogens (tertiary/aromatic N) is 2. The summed E-state index contributed by atoms with van der Waals surface area (Å²) in [6.07, 6.45) is 0. The van der Waals surface area contributed by atoms with Crippen molar-refractivity contribution in [1.29, 1.82) is 0 Å². The van der Waals surface area contributed by atoms with Crippen molar-refractivity contribution < 1.29 is 18.1 Å². The molecule has 0 bridgehead atoms. The Kier molecular flexibility index (Phi) is 6.87. The van der Waals surface area contributed by atoms with Crippen molar-refractivity contribution in [3.63, 3.8) is 0 Å². The van der Waals surface area contributed by atoms with Crippen LogP contribution in [0, 0.1) is 30.9 Å². The average molecular weight is 434 g/mol. The van der Waals surface area contributed by atoms with Crippen LogP contribution in [0.25, 0.3) is 0 Å². The molecule has 1 aliphatic rings. The highest BCUT2D eigenvalue weighted by atomic mass is 32.2. The molecule has 1 atom stereocenters. The zero-order valence-electron chi connectivity index (χ0n) is 17.4. The smallest absolute Gasteiger partial charge is 0.271 e. The molecule has 162 valence electrons. The quantitative estimate of drug-likeness (QED) is 0.532. The van der Waals surface area contributed by atoms with E-state index in [0.717, 1.165) is 17.2 Å². The van der Waals surface area contributed by atoms with Gasteiger partial charge in [0, 0.05) is 37.8 Å². The lowest BCUT2D eigenvalue weighted by atomic mass is 10.0. The van der Waals surface area contributed by atoms with Crippen molar-refractivity contribution in [3.8, 4) is 0 Å². The molecule has 0 saturated carbocycles. The summed E-state index contributed by atoms with van der Waals surface area (Å²) in [5, 5.41) is 11.2. The Morgan fingerprint density at radius 2 is 1.77 bits per heavy atom. The summed E-state index contributed by atoms with van der Waals surface area (Å²) < 4.78 is 34.3. The number of non-ortho nitro benzene ring substituents is 1. The lowest BCUT2D eigenvalue weighted by molar-refractivity contribution is -0.385. The van der Waals surface area contributed by atoms with Crippen LogP contribution >= 0.6 is 0 Å². The zero-order valence-corrected chi connectivity index (χ0v) is 18.2. The standard InChI is InChI=1S/C21H27N3O5S/c1-15-4-6-18(7-5-15)20(23-8-10-29-11-9-23)14-22-30(27,28)21-13-19(24(25)26)12-16(2)17(21)3/h4-7,12-13,20,22H,8-11,14H2,1-3H3.